The number of hydrogen-bond donors (Lipinski definition) is 3. The van der Waals surface area contributed by atoms with Crippen LogP contribution in [0.5, 0.6) is 0 Å². The van der Waals surface area contributed by atoms with Crippen LogP contribution in [0.3, 0.4) is 0 Å². The van der Waals surface area contributed by atoms with Crippen LogP contribution in [0.2, 0.25) is 0 Å². The Kier molecular flexibility index (Phi) is 2.34. The Morgan fingerprint density at radius 1 is 1.50 bits per heavy atom. The van der Waals surface area contributed by atoms with E-state index in [0.29, 0.717) is 12.8 Å². The van der Waals surface area contributed by atoms with Crippen molar-refractivity contribution in [2.45, 2.75) is 50.4 Å². The van der Waals surface area contributed by atoms with E-state index in [1.165, 1.54) is 4.90 Å². The molecular weight excluding hydrogens is 212 g/mol. The van der Waals surface area contributed by atoms with Crippen molar-refractivity contribution in [3.05, 3.63) is 0 Å². The Balaban J connectivity index is 2.32. The summed E-state index contributed by atoms with van der Waals surface area (Å²) in [5.74, 6) is -0.303. The molecule has 3 atom stereocenters. The van der Waals surface area contributed by atoms with Gasteiger partial charge < -0.3 is 15.5 Å². The number of carboxylic acid groups (broad SMARTS) is 1. The SMILES string of the molecule is CC(C)(O)[C@H]1NC(=O)[C@H]2CC[C@@H]1N2C(=O)O. The van der Waals surface area contributed by atoms with E-state index in [4.69, 9.17) is 5.11 Å². The Morgan fingerprint density at radius 2 is 2.12 bits per heavy atom. The zero-order valence-corrected chi connectivity index (χ0v) is 9.30. The van der Waals surface area contributed by atoms with E-state index in [0.717, 1.165) is 0 Å². The zero-order valence-electron chi connectivity index (χ0n) is 9.30. The number of piperazine rings is 1. The van der Waals surface area contributed by atoms with Crippen LogP contribution in [0, 0.1) is 0 Å². The van der Waals surface area contributed by atoms with Crippen LogP contribution in [0.15, 0.2) is 0 Å². The number of fused-ring (bicyclic) bond motifs is 2. The van der Waals surface area contributed by atoms with Gasteiger partial charge in [-0.1, -0.05) is 0 Å². The van der Waals surface area contributed by atoms with Crippen molar-refractivity contribution in [3.8, 4) is 0 Å². The molecule has 0 unspecified atom stereocenters. The Morgan fingerprint density at radius 3 is 2.62 bits per heavy atom. The second-order valence-electron chi connectivity index (χ2n) is 4.99. The Labute approximate surface area is 93.2 Å². The lowest BCUT2D eigenvalue weighted by atomic mass is 9.90. The van der Waals surface area contributed by atoms with E-state index in [1.807, 2.05) is 0 Å². The molecule has 2 rings (SSSR count). The predicted octanol–water partition coefficient (Wildman–Crippen LogP) is -0.233. The molecule has 6 nitrogen and oxygen atoms in total. The number of carbonyl (C=O) groups is 2. The molecular formula is C10H16N2O4. The lowest BCUT2D eigenvalue weighted by molar-refractivity contribution is -0.133. The molecule has 0 aliphatic carbocycles. The summed E-state index contributed by atoms with van der Waals surface area (Å²) in [7, 11) is 0. The standard InChI is InChI=1S/C10H16N2O4/c1-10(2,16)7-5-3-4-6(8(13)11-7)12(5)9(14)15/h5-7,16H,3-4H2,1-2H3,(H,11,13)(H,14,15)/t5-,6+,7-/m0/s1. The van der Waals surface area contributed by atoms with E-state index < -0.39 is 23.8 Å². The predicted molar refractivity (Wildman–Crippen MR) is 54.9 cm³/mol. The first-order valence-corrected chi connectivity index (χ1v) is 5.36. The second-order valence-corrected chi connectivity index (χ2v) is 4.99. The smallest absolute Gasteiger partial charge is 0.408 e. The van der Waals surface area contributed by atoms with Crippen molar-refractivity contribution >= 4 is 12.0 Å². The highest BCUT2D eigenvalue weighted by Gasteiger charge is 2.53. The highest BCUT2D eigenvalue weighted by Crippen LogP contribution is 2.34. The van der Waals surface area contributed by atoms with E-state index in [9.17, 15) is 14.7 Å². The molecule has 0 saturated carbocycles. The van der Waals surface area contributed by atoms with Crippen LogP contribution in [0.4, 0.5) is 4.79 Å². The van der Waals surface area contributed by atoms with E-state index in [1.54, 1.807) is 13.8 Å². The minimum Gasteiger partial charge on any atom is -0.465 e. The summed E-state index contributed by atoms with van der Waals surface area (Å²) in [5, 5.41) is 21.7. The van der Waals surface area contributed by atoms with Crippen LogP contribution in [0.25, 0.3) is 0 Å². The van der Waals surface area contributed by atoms with Gasteiger partial charge in [0.25, 0.3) is 0 Å². The molecule has 0 aromatic rings. The Bertz CT molecular complexity index is 336. The zero-order chi connectivity index (χ0) is 12.1. The van der Waals surface area contributed by atoms with Gasteiger partial charge in [0.05, 0.1) is 17.7 Å². The van der Waals surface area contributed by atoms with Crippen molar-refractivity contribution < 1.29 is 19.8 Å². The summed E-state index contributed by atoms with van der Waals surface area (Å²) in [5.41, 5.74) is -1.12. The lowest BCUT2D eigenvalue weighted by Gasteiger charge is -2.43. The minimum atomic E-state index is -1.12. The minimum absolute atomic E-state index is 0.303. The normalized spacial score (nSPS) is 33.8. The number of nitrogens with zero attached hydrogens (tertiary/aromatic N) is 1. The number of aliphatic hydroxyl groups is 1. The summed E-state index contributed by atoms with van der Waals surface area (Å²) in [6, 6.07) is -1.43. The van der Waals surface area contributed by atoms with Gasteiger partial charge >= 0.3 is 6.09 Å². The Hall–Kier alpha value is -1.30. The van der Waals surface area contributed by atoms with Crippen LogP contribution in [-0.2, 0) is 4.79 Å². The van der Waals surface area contributed by atoms with Gasteiger partial charge in [0, 0.05) is 0 Å². The fourth-order valence-corrected chi connectivity index (χ4v) is 2.69. The quantitative estimate of drug-likeness (QED) is 0.578. The van der Waals surface area contributed by atoms with Gasteiger partial charge in [-0.25, -0.2) is 4.79 Å². The van der Waals surface area contributed by atoms with Gasteiger partial charge in [-0.15, -0.1) is 0 Å². The molecule has 2 bridgehead atoms. The summed E-state index contributed by atoms with van der Waals surface area (Å²) in [6.07, 6.45) is 0.0660. The second kappa shape index (κ2) is 3.35. The molecule has 2 fully saturated rings. The van der Waals surface area contributed by atoms with E-state index in [-0.39, 0.29) is 11.9 Å². The molecule has 0 radical (unpaired) electrons. The third-order valence-corrected chi connectivity index (χ3v) is 3.40. The monoisotopic (exact) mass is 228 g/mol. The lowest BCUT2D eigenvalue weighted by Crippen LogP contribution is -2.67. The first kappa shape index (κ1) is 11.2. The average molecular weight is 228 g/mol. The number of amides is 2. The van der Waals surface area contributed by atoms with Crippen molar-refractivity contribution in [1.82, 2.24) is 10.2 Å². The van der Waals surface area contributed by atoms with Gasteiger partial charge in [0.15, 0.2) is 0 Å². The molecule has 3 N–H and O–H groups in total. The van der Waals surface area contributed by atoms with Gasteiger partial charge in [-0.05, 0) is 26.7 Å². The summed E-state index contributed by atoms with van der Waals surface area (Å²) in [4.78, 5) is 24.0. The first-order valence-electron chi connectivity index (χ1n) is 5.36. The van der Waals surface area contributed by atoms with Crippen molar-refractivity contribution in [1.29, 1.82) is 0 Å². The molecule has 0 aromatic carbocycles. The third kappa shape index (κ3) is 1.53. The molecule has 2 aliphatic rings. The summed E-state index contributed by atoms with van der Waals surface area (Å²) in [6.45, 7) is 3.16. The van der Waals surface area contributed by atoms with Gasteiger partial charge in [0.2, 0.25) is 5.91 Å². The molecule has 2 saturated heterocycles. The van der Waals surface area contributed by atoms with E-state index in [2.05, 4.69) is 5.32 Å². The molecule has 2 heterocycles. The molecule has 0 aromatic heterocycles. The molecule has 2 aliphatic heterocycles. The topological polar surface area (TPSA) is 89.9 Å². The fraction of sp³-hybridized carbons (Fsp3) is 0.800. The summed E-state index contributed by atoms with van der Waals surface area (Å²) < 4.78 is 0. The number of rotatable bonds is 1. The highest BCUT2D eigenvalue weighted by molar-refractivity contribution is 5.88. The maximum atomic E-state index is 11.7. The van der Waals surface area contributed by atoms with Crippen molar-refractivity contribution in [2.24, 2.45) is 0 Å². The van der Waals surface area contributed by atoms with Crippen LogP contribution >= 0.6 is 0 Å². The maximum Gasteiger partial charge on any atom is 0.408 e. The third-order valence-electron chi connectivity index (χ3n) is 3.40. The van der Waals surface area contributed by atoms with Gasteiger partial charge in [0.1, 0.15) is 6.04 Å². The van der Waals surface area contributed by atoms with E-state index >= 15 is 0 Å². The van der Waals surface area contributed by atoms with Gasteiger partial charge in [-0.3, -0.25) is 9.69 Å². The largest absolute Gasteiger partial charge is 0.465 e. The summed E-state index contributed by atoms with van der Waals surface area (Å²) >= 11 is 0. The van der Waals surface area contributed by atoms with Crippen LogP contribution in [-0.4, -0.2) is 50.8 Å². The maximum absolute atomic E-state index is 11.7. The number of carbonyl (C=O) groups excluding carboxylic acids is 1. The van der Waals surface area contributed by atoms with Crippen LogP contribution < -0.4 is 5.32 Å². The molecule has 0 spiro atoms. The molecule has 16 heavy (non-hydrogen) atoms. The average Bonchev–Trinajstić information content (AvgIpc) is 2.48. The van der Waals surface area contributed by atoms with Crippen molar-refractivity contribution in [2.75, 3.05) is 0 Å². The van der Waals surface area contributed by atoms with Crippen molar-refractivity contribution in [3.63, 3.8) is 0 Å². The molecule has 90 valence electrons. The number of nitrogens with one attached hydrogen (secondary N) is 1. The number of hydrogen-bond acceptors (Lipinski definition) is 3. The van der Waals surface area contributed by atoms with Gasteiger partial charge in [-0.2, -0.15) is 0 Å². The van der Waals surface area contributed by atoms with Crippen LogP contribution in [0.1, 0.15) is 26.7 Å². The molecule has 2 amide bonds. The fourth-order valence-electron chi connectivity index (χ4n) is 2.69. The first-order chi connectivity index (χ1) is 7.32. The highest BCUT2D eigenvalue weighted by atomic mass is 16.4. The molecule has 6 heteroatoms.